The molecule has 0 spiro atoms. The normalized spacial score (nSPS) is 22.4. The van der Waals surface area contributed by atoms with Crippen LogP contribution in [0.25, 0.3) is 0 Å². The standard InChI is InChI=1S/C13H12FNO2S/c1-7-15-10(6-18-7)13-5-11(16)9-3-2-8(14)4-12(9)17-13/h2-4,6,11,13,16H,5H2,1H3. The Kier molecular flexibility index (Phi) is 2.80. The van der Waals surface area contributed by atoms with Crippen LogP contribution < -0.4 is 4.74 Å². The van der Waals surface area contributed by atoms with E-state index in [1.807, 2.05) is 12.3 Å². The summed E-state index contributed by atoms with van der Waals surface area (Å²) in [6, 6.07) is 4.21. The number of fused-ring (bicyclic) bond motifs is 1. The molecule has 5 heteroatoms. The Bertz CT molecular complexity index is 584. The van der Waals surface area contributed by atoms with E-state index in [-0.39, 0.29) is 11.9 Å². The van der Waals surface area contributed by atoms with E-state index in [1.165, 1.54) is 23.5 Å². The van der Waals surface area contributed by atoms with Crippen molar-refractivity contribution in [2.24, 2.45) is 0 Å². The van der Waals surface area contributed by atoms with Gasteiger partial charge in [0.05, 0.1) is 16.8 Å². The second-order valence-corrected chi connectivity index (χ2v) is 5.39. The van der Waals surface area contributed by atoms with Gasteiger partial charge in [0.2, 0.25) is 0 Å². The van der Waals surface area contributed by atoms with Gasteiger partial charge < -0.3 is 9.84 Å². The van der Waals surface area contributed by atoms with Crippen molar-refractivity contribution in [3.63, 3.8) is 0 Å². The monoisotopic (exact) mass is 265 g/mol. The number of hydrogen-bond acceptors (Lipinski definition) is 4. The minimum absolute atomic E-state index is 0.306. The molecule has 0 radical (unpaired) electrons. The van der Waals surface area contributed by atoms with Crippen LogP contribution in [0.5, 0.6) is 5.75 Å². The molecule has 1 aliphatic rings. The van der Waals surface area contributed by atoms with E-state index in [0.29, 0.717) is 17.7 Å². The molecule has 1 aromatic heterocycles. The van der Waals surface area contributed by atoms with Crippen molar-refractivity contribution in [1.29, 1.82) is 0 Å². The molecule has 1 aliphatic heterocycles. The maximum absolute atomic E-state index is 13.2. The Balaban J connectivity index is 1.95. The molecule has 3 nitrogen and oxygen atoms in total. The van der Waals surface area contributed by atoms with E-state index < -0.39 is 6.10 Å². The number of aliphatic hydroxyl groups excluding tert-OH is 1. The van der Waals surface area contributed by atoms with Crippen molar-refractivity contribution in [2.75, 3.05) is 0 Å². The highest BCUT2D eigenvalue weighted by molar-refractivity contribution is 7.09. The van der Waals surface area contributed by atoms with Crippen LogP contribution in [-0.4, -0.2) is 10.1 Å². The van der Waals surface area contributed by atoms with Crippen LogP contribution in [0, 0.1) is 12.7 Å². The summed E-state index contributed by atoms with van der Waals surface area (Å²) in [6.07, 6.45) is -0.498. The first kappa shape index (κ1) is 11.6. The van der Waals surface area contributed by atoms with Crippen LogP contribution >= 0.6 is 11.3 Å². The molecule has 2 atom stereocenters. The van der Waals surface area contributed by atoms with Crippen molar-refractivity contribution < 1.29 is 14.2 Å². The van der Waals surface area contributed by atoms with Crippen molar-refractivity contribution in [2.45, 2.75) is 25.6 Å². The van der Waals surface area contributed by atoms with Gasteiger partial charge in [-0.05, 0) is 19.1 Å². The summed E-state index contributed by atoms with van der Waals surface area (Å²) >= 11 is 1.54. The zero-order chi connectivity index (χ0) is 12.7. The zero-order valence-electron chi connectivity index (χ0n) is 9.76. The van der Waals surface area contributed by atoms with Gasteiger partial charge in [-0.15, -0.1) is 11.3 Å². The van der Waals surface area contributed by atoms with Crippen LogP contribution in [0.3, 0.4) is 0 Å². The van der Waals surface area contributed by atoms with Crippen molar-refractivity contribution in [1.82, 2.24) is 4.98 Å². The Hall–Kier alpha value is -1.46. The summed E-state index contributed by atoms with van der Waals surface area (Å²) in [7, 11) is 0. The molecule has 2 aromatic rings. The lowest BCUT2D eigenvalue weighted by Gasteiger charge is -2.28. The number of benzene rings is 1. The van der Waals surface area contributed by atoms with Crippen LogP contribution in [0.2, 0.25) is 0 Å². The molecular weight excluding hydrogens is 253 g/mol. The first-order chi connectivity index (χ1) is 8.63. The molecule has 0 aliphatic carbocycles. The SMILES string of the molecule is Cc1nc(C2CC(O)c3ccc(F)cc3O2)cs1. The van der Waals surface area contributed by atoms with E-state index in [4.69, 9.17) is 4.74 Å². The summed E-state index contributed by atoms with van der Waals surface area (Å²) in [5.41, 5.74) is 1.44. The van der Waals surface area contributed by atoms with Gasteiger partial charge in [0.15, 0.2) is 0 Å². The molecule has 2 heterocycles. The third-order valence-corrected chi connectivity index (χ3v) is 3.80. The Morgan fingerprint density at radius 1 is 1.50 bits per heavy atom. The number of hydrogen-bond donors (Lipinski definition) is 1. The number of halogens is 1. The van der Waals surface area contributed by atoms with Crippen LogP contribution in [0.15, 0.2) is 23.6 Å². The van der Waals surface area contributed by atoms with E-state index in [9.17, 15) is 9.50 Å². The van der Waals surface area contributed by atoms with Crippen LogP contribution in [-0.2, 0) is 0 Å². The number of nitrogens with zero attached hydrogens (tertiary/aromatic N) is 1. The number of thiazole rings is 1. The molecule has 18 heavy (non-hydrogen) atoms. The molecule has 0 saturated carbocycles. The third kappa shape index (κ3) is 2.00. The van der Waals surface area contributed by atoms with E-state index >= 15 is 0 Å². The number of ether oxygens (including phenoxy) is 1. The molecular formula is C13H12FNO2S. The molecule has 3 rings (SSSR count). The number of rotatable bonds is 1. The average Bonchev–Trinajstić information content (AvgIpc) is 2.75. The van der Waals surface area contributed by atoms with Gasteiger partial charge >= 0.3 is 0 Å². The van der Waals surface area contributed by atoms with Gasteiger partial charge in [-0.1, -0.05) is 0 Å². The van der Waals surface area contributed by atoms with Gasteiger partial charge in [0.25, 0.3) is 0 Å². The molecule has 2 unspecified atom stereocenters. The van der Waals surface area contributed by atoms with Crippen LogP contribution in [0.4, 0.5) is 4.39 Å². The second kappa shape index (κ2) is 4.33. The lowest BCUT2D eigenvalue weighted by atomic mass is 9.98. The summed E-state index contributed by atoms with van der Waals surface area (Å²) in [4.78, 5) is 4.35. The molecule has 0 bridgehead atoms. The molecule has 0 amide bonds. The van der Waals surface area contributed by atoms with Gasteiger partial charge in [-0.25, -0.2) is 9.37 Å². The summed E-state index contributed by atoms with van der Waals surface area (Å²) < 4.78 is 18.9. The van der Waals surface area contributed by atoms with Crippen LogP contribution in [0.1, 0.15) is 34.9 Å². The largest absolute Gasteiger partial charge is 0.483 e. The zero-order valence-corrected chi connectivity index (χ0v) is 10.6. The topological polar surface area (TPSA) is 42.4 Å². The predicted molar refractivity (Wildman–Crippen MR) is 66.2 cm³/mol. The molecule has 0 fully saturated rings. The minimum Gasteiger partial charge on any atom is -0.483 e. The van der Waals surface area contributed by atoms with E-state index in [2.05, 4.69) is 4.98 Å². The lowest BCUT2D eigenvalue weighted by molar-refractivity contribution is 0.0635. The quantitative estimate of drug-likeness (QED) is 0.861. The Labute approximate surface area is 108 Å². The van der Waals surface area contributed by atoms with Crippen molar-refractivity contribution >= 4 is 11.3 Å². The first-order valence-corrected chi connectivity index (χ1v) is 6.57. The van der Waals surface area contributed by atoms with E-state index in [0.717, 1.165) is 10.7 Å². The highest BCUT2D eigenvalue weighted by Gasteiger charge is 2.29. The first-order valence-electron chi connectivity index (χ1n) is 5.69. The molecule has 1 aromatic carbocycles. The van der Waals surface area contributed by atoms with E-state index in [1.54, 1.807) is 6.07 Å². The fourth-order valence-electron chi connectivity index (χ4n) is 2.13. The predicted octanol–water partition coefficient (Wildman–Crippen LogP) is 3.15. The van der Waals surface area contributed by atoms with Crippen molar-refractivity contribution in [3.8, 4) is 5.75 Å². The molecule has 0 saturated heterocycles. The lowest BCUT2D eigenvalue weighted by Crippen LogP contribution is -2.19. The number of aryl methyl sites for hydroxylation is 1. The number of aromatic nitrogens is 1. The summed E-state index contributed by atoms with van der Waals surface area (Å²) in [5.74, 6) is 0.0421. The third-order valence-electron chi connectivity index (χ3n) is 3.01. The highest BCUT2D eigenvalue weighted by atomic mass is 32.1. The smallest absolute Gasteiger partial charge is 0.144 e. The summed E-state index contributed by atoms with van der Waals surface area (Å²) in [6.45, 7) is 1.92. The Morgan fingerprint density at radius 3 is 3.06 bits per heavy atom. The second-order valence-electron chi connectivity index (χ2n) is 4.33. The van der Waals surface area contributed by atoms with Gasteiger partial charge in [-0.2, -0.15) is 0 Å². The fourth-order valence-corrected chi connectivity index (χ4v) is 2.78. The van der Waals surface area contributed by atoms with Crippen molar-refractivity contribution in [3.05, 3.63) is 45.7 Å². The average molecular weight is 265 g/mol. The maximum atomic E-state index is 13.2. The maximum Gasteiger partial charge on any atom is 0.144 e. The van der Waals surface area contributed by atoms with Gasteiger partial charge in [-0.3, -0.25) is 0 Å². The van der Waals surface area contributed by atoms with Gasteiger partial charge in [0, 0.05) is 23.4 Å². The minimum atomic E-state index is -0.638. The fraction of sp³-hybridized carbons (Fsp3) is 0.308. The summed E-state index contributed by atoms with van der Waals surface area (Å²) in [5, 5.41) is 12.9. The highest BCUT2D eigenvalue weighted by Crippen LogP contribution is 2.40. The molecule has 94 valence electrons. The Morgan fingerprint density at radius 2 is 2.33 bits per heavy atom. The van der Waals surface area contributed by atoms with Gasteiger partial charge in [0.1, 0.15) is 17.7 Å². The molecule has 1 N–H and O–H groups in total. The number of aliphatic hydroxyl groups is 1.